The molecule has 2 heterocycles. The summed E-state index contributed by atoms with van der Waals surface area (Å²) in [6.45, 7) is 1.27. The molecule has 2 N–H and O–H groups in total. The molecule has 0 saturated heterocycles. The summed E-state index contributed by atoms with van der Waals surface area (Å²) in [6.07, 6.45) is 4.12. The minimum Gasteiger partial charge on any atom is -0.469 e. The first kappa shape index (κ1) is 20.9. The Morgan fingerprint density at radius 2 is 2.08 bits per heavy atom. The van der Waals surface area contributed by atoms with E-state index in [1.165, 1.54) is 4.90 Å². The van der Waals surface area contributed by atoms with Crippen LogP contribution in [-0.4, -0.2) is 48.9 Å². The molecule has 2 aromatic heterocycles. The van der Waals surface area contributed by atoms with Gasteiger partial charge in [0.2, 0.25) is 5.91 Å². The molecule has 0 atom stereocenters. The van der Waals surface area contributed by atoms with Gasteiger partial charge in [-0.15, -0.1) is 24.0 Å². The van der Waals surface area contributed by atoms with Gasteiger partial charge in [-0.1, -0.05) is 6.07 Å². The number of aromatic nitrogens is 1. The van der Waals surface area contributed by atoms with Gasteiger partial charge < -0.3 is 20.0 Å². The molecule has 0 aliphatic carbocycles. The summed E-state index contributed by atoms with van der Waals surface area (Å²) in [5, 5.41) is 6.24. The summed E-state index contributed by atoms with van der Waals surface area (Å²) in [5.41, 5.74) is 0.864. The number of halogens is 1. The quantitative estimate of drug-likeness (QED) is 0.376. The van der Waals surface area contributed by atoms with Crippen LogP contribution in [0.1, 0.15) is 11.5 Å². The molecule has 0 aliphatic heterocycles. The normalized spacial score (nSPS) is 10.7. The molecule has 0 fully saturated rings. The number of likely N-dealkylation sites (N-methyl/N-ethyl adjacent to an activating group) is 1. The smallest absolute Gasteiger partial charge is 0.241 e. The van der Waals surface area contributed by atoms with Crippen molar-refractivity contribution in [2.24, 2.45) is 4.99 Å². The van der Waals surface area contributed by atoms with Crippen molar-refractivity contribution in [3.05, 3.63) is 54.2 Å². The van der Waals surface area contributed by atoms with Gasteiger partial charge in [-0.2, -0.15) is 0 Å². The number of hydrogen-bond donors (Lipinski definition) is 2. The molecule has 2 aromatic rings. The maximum atomic E-state index is 11.7. The summed E-state index contributed by atoms with van der Waals surface area (Å²) in [7, 11) is 3.44. The van der Waals surface area contributed by atoms with Crippen LogP contribution in [0, 0.1) is 0 Å². The number of guanidine groups is 1. The highest BCUT2D eigenvalue weighted by Crippen LogP contribution is 1.99. The van der Waals surface area contributed by atoms with Crippen LogP contribution in [0.3, 0.4) is 0 Å². The van der Waals surface area contributed by atoms with Crippen LogP contribution in [0.5, 0.6) is 0 Å². The molecule has 25 heavy (non-hydrogen) atoms. The molecule has 8 heteroatoms. The summed E-state index contributed by atoms with van der Waals surface area (Å²) in [5.74, 6) is 1.45. The summed E-state index contributed by atoms with van der Waals surface area (Å²) in [6, 6.07) is 9.48. The summed E-state index contributed by atoms with van der Waals surface area (Å²) >= 11 is 0. The van der Waals surface area contributed by atoms with E-state index >= 15 is 0 Å². The Hall–Kier alpha value is -2.10. The van der Waals surface area contributed by atoms with Crippen LogP contribution in [0.15, 0.2) is 52.2 Å². The molecule has 0 radical (unpaired) electrons. The summed E-state index contributed by atoms with van der Waals surface area (Å²) < 4.78 is 5.30. The topological polar surface area (TPSA) is 82.8 Å². The van der Waals surface area contributed by atoms with Gasteiger partial charge in [0.15, 0.2) is 5.96 Å². The zero-order chi connectivity index (χ0) is 17.2. The number of carbonyl (C=O) groups is 1. The van der Waals surface area contributed by atoms with Gasteiger partial charge in [-0.25, -0.2) is 4.99 Å². The average Bonchev–Trinajstić information content (AvgIpc) is 3.10. The fourth-order valence-corrected chi connectivity index (χ4v) is 1.90. The molecule has 0 spiro atoms. The Labute approximate surface area is 164 Å². The molecule has 2 rings (SSSR count). The van der Waals surface area contributed by atoms with Crippen molar-refractivity contribution in [1.29, 1.82) is 0 Å². The van der Waals surface area contributed by atoms with Crippen LogP contribution in [-0.2, 0) is 17.8 Å². The third-order valence-corrected chi connectivity index (χ3v) is 3.28. The van der Waals surface area contributed by atoms with Crippen molar-refractivity contribution >= 4 is 35.8 Å². The van der Waals surface area contributed by atoms with Crippen molar-refractivity contribution in [2.45, 2.75) is 13.0 Å². The predicted octanol–water partition coefficient (Wildman–Crippen LogP) is 1.66. The van der Waals surface area contributed by atoms with E-state index < -0.39 is 0 Å². The fourth-order valence-electron chi connectivity index (χ4n) is 1.90. The first-order valence-electron chi connectivity index (χ1n) is 7.80. The maximum Gasteiger partial charge on any atom is 0.241 e. The van der Waals surface area contributed by atoms with Crippen LogP contribution in [0.4, 0.5) is 0 Å². The van der Waals surface area contributed by atoms with Crippen LogP contribution in [0.2, 0.25) is 0 Å². The van der Waals surface area contributed by atoms with Gasteiger partial charge in [0.25, 0.3) is 0 Å². The maximum absolute atomic E-state index is 11.7. The second-order valence-electron chi connectivity index (χ2n) is 5.38. The number of rotatable bonds is 7. The third kappa shape index (κ3) is 8.01. The lowest BCUT2D eigenvalue weighted by Gasteiger charge is -2.14. The van der Waals surface area contributed by atoms with Gasteiger partial charge in [0.1, 0.15) is 5.76 Å². The van der Waals surface area contributed by atoms with E-state index in [4.69, 9.17) is 4.42 Å². The van der Waals surface area contributed by atoms with E-state index in [9.17, 15) is 4.79 Å². The highest BCUT2D eigenvalue weighted by atomic mass is 127. The Balaban J connectivity index is 0.00000312. The molecular formula is C17H24IN5O2. The standard InChI is InChI=1S/C17H23N5O2.HI/c1-22(2)16(23)13-21-17(19-10-8-15-7-5-11-24-15)20-12-14-6-3-4-9-18-14;/h3-7,9,11H,8,10,12-13H2,1-2H3,(H2,19,20,21);1H. The first-order valence-corrected chi connectivity index (χ1v) is 7.80. The van der Waals surface area contributed by atoms with Crippen LogP contribution < -0.4 is 10.6 Å². The van der Waals surface area contributed by atoms with E-state index in [1.54, 1.807) is 26.6 Å². The SMILES string of the molecule is CN(C)C(=O)CNC(=NCc1ccccn1)NCCc1ccco1.I. The van der Waals surface area contributed by atoms with Gasteiger partial charge in [0.05, 0.1) is 25.0 Å². The van der Waals surface area contributed by atoms with Gasteiger partial charge in [0, 0.05) is 33.3 Å². The number of nitrogens with one attached hydrogen (secondary N) is 2. The predicted molar refractivity (Wildman–Crippen MR) is 108 cm³/mol. The third-order valence-electron chi connectivity index (χ3n) is 3.28. The minimum atomic E-state index is -0.0200. The van der Waals surface area contributed by atoms with Crippen molar-refractivity contribution in [3.63, 3.8) is 0 Å². The monoisotopic (exact) mass is 457 g/mol. The molecule has 0 aliphatic rings. The molecule has 0 aromatic carbocycles. The highest BCUT2D eigenvalue weighted by molar-refractivity contribution is 14.0. The Bertz CT molecular complexity index is 644. The van der Waals surface area contributed by atoms with Crippen molar-refractivity contribution < 1.29 is 9.21 Å². The van der Waals surface area contributed by atoms with E-state index in [1.807, 2.05) is 30.3 Å². The number of nitrogens with zero attached hydrogens (tertiary/aromatic N) is 3. The van der Waals surface area contributed by atoms with Crippen molar-refractivity contribution in [1.82, 2.24) is 20.5 Å². The summed E-state index contributed by atoms with van der Waals surface area (Å²) in [4.78, 5) is 22.0. The number of pyridine rings is 1. The largest absolute Gasteiger partial charge is 0.469 e. The van der Waals surface area contributed by atoms with E-state index in [0.717, 1.165) is 17.9 Å². The molecule has 0 bridgehead atoms. The van der Waals surface area contributed by atoms with Crippen molar-refractivity contribution in [3.8, 4) is 0 Å². The Kier molecular flexibility index (Phi) is 9.60. The second-order valence-corrected chi connectivity index (χ2v) is 5.38. The highest BCUT2D eigenvalue weighted by Gasteiger charge is 2.06. The molecule has 7 nitrogen and oxygen atoms in total. The van der Waals surface area contributed by atoms with Gasteiger partial charge in [-0.3, -0.25) is 9.78 Å². The lowest BCUT2D eigenvalue weighted by Crippen LogP contribution is -2.43. The van der Waals surface area contributed by atoms with E-state index in [-0.39, 0.29) is 36.4 Å². The number of hydrogen-bond acceptors (Lipinski definition) is 4. The van der Waals surface area contributed by atoms with Gasteiger partial charge >= 0.3 is 0 Å². The fraction of sp³-hybridized carbons (Fsp3) is 0.353. The zero-order valence-corrected chi connectivity index (χ0v) is 16.8. The molecule has 136 valence electrons. The molecule has 1 amide bonds. The molecule has 0 unspecified atom stereocenters. The second kappa shape index (κ2) is 11.5. The van der Waals surface area contributed by atoms with Crippen molar-refractivity contribution in [2.75, 3.05) is 27.2 Å². The molecular weight excluding hydrogens is 433 g/mol. The average molecular weight is 457 g/mol. The Morgan fingerprint density at radius 3 is 2.72 bits per heavy atom. The van der Waals surface area contributed by atoms with Gasteiger partial charge in [-0.05, 0) is 24.3 Å². The lowest BCUT2D eigenvalue weighted by atomic mass is 10.3. The minimum absolute atomic E-state index is 0. The van der Waals surface area contributed by atoms with E-state index in [0.29, 0.717) is 19.0 Å². The number of carbonyl (C=O) groups excluding carboxylic acids is 1. The lowest BCUT2D eigenvalue weighted by molar-refractivity contribution is -0.127. The Morgan fingerprint density at radius 1 is 1.24 bits per heavy atom. The number of aliphatic imine (C=N–C) groups is 1. The number of amides is 1. The van der Waals surface area contributed by atoms with Crippen LogP contribution >= 0.6 is 24.0 Å². The van der Waals surface area contributed by atoms with E-state index in [2.05, 4.69) is 20.6 Å². The zero-order valence-electron chi connectivity index (χ0n) is 14.4. The van der Waals surface area contributed by atoms with Crippen LogP contribution in [0.25, 0.3) is 0 Å². The molecule has 0 saturated carbocycles. The number of furan rings is 1. The first-order chi connectivity index (χ1) is 11.6.